The molecule has 4 nitrogen and oxygen atoms in total. The summed E-state index contributed by atoms with van der Waals surface area (Å²) < 4.78 is 32.6. The minimum Gasteiger partial charge on any atom is -0.383 e. The number of halogens is 3. The van der Waals surface area contributed by atoms with E-state index < -0.39 is 16.7 Å². The van der Waals surface area contributed by atoms with Crippen LogP contribution in [0.3, 0.4) is 0 Å². The molecule has 1 aromatic rings. The van der Waals surface area contributed by atoms with E-state index in [1.54, 1.807) is 7.11 Å². The fourth-order valence-electron chi connectivity index (χ4n) is 3.67. The van der Waals surface area contributed by atoms with Gasteiger partial charge in [0.2, 0.25) is 5.91 Å². The number of carbonyl (C=O) groups excluding carboxylic acids is 1. The van der Waals surface area contributed by atoms with Gasteiger partial charge in [0, 0.05) is 44.9 Å². The zero-order valence-electron chi connectivity index (χ0n) is 13.6. The van der Waals surface area contributed by atoms with Crippen LogP contribution in [0.5, 0.6) is 0 Å². The maximum atomic E-state index is 14.2. The van der Waals surface area contributed by atoms with Gasteiger partial charge in [-0.25, -0.2) is 8.78 Å². The molecule has 0 N–H and O–H groups in total. The molecule has 2 bridgehead atoms. The van der Waals surface area contributed by atoms with Crippen molar-refractivity contribution in [2.75, 3.05) is 33.4 Å². The highest BCUT2D eigenvalue weighted by atomic mass is 35.5. The third-order valence-corrected chi connectivity index (χ3v) is 5.26. The van der Waals surface area contributed by atoms with Crippen molar-refractivity contribution in [3.05, 3.63) is 34.4 Å². The van der Waals surface area contributed by atoms with Gasteiger partial charge in [0.25, 0.3) is 0 Å². The Labute approximate surface area is 145 Å². The molecule has 3 fully saturated rings. The van der Waals surface area contributed by atoms with Gasteiger partial charge in [0.15, 0.2) is 0 Å². The maximum Gasteiger partial charge on any atom is 0.227 e. The van der Waals surface area contributed by atoms with Crippen LogP contribution in [0.4, 0.5) is 8.78 Å². The summed E-state index contributed by atoms with van der Waals surface area (Å²) in [5.41, 5.74) is 0.360. The molecule has 3 aliphatic rings. The number of amides is 1. The van der Waals surface area contributed by atoms with E-state index >= 15 is 0 Å². The first kappa shape index (κ1) is 17.6. The van der Waals surface area contributed by atoms with E-state index in [1.807, 2.05) is 4.90 Å². The molecule has 0 spiro atoms. The molecule has 1 amide bonds. The fraction of sp³-hybridized carbons (Fsp3) is 0.588. The van der Waals surface area contributed by atoms with Gasteiger partial charge in [0.1, 0.15) is 16.7 Å². The summed E-state index contributed by atoms with van der Waals surface area (Å²) in [5, 5.41) is -0.469. The quantitative estimate of drug-likeness (QED) is 0.759. The van der Waals surface area contributed by atoms with E-state index in [0.717, 1.165) is 12.8 Å². The van der Waals surface area contributed by atoms with Gasteiger partial charge in [-0.15, -0.1) is 0 Å². The standard InChI is InChI=1S/C17H21ClF2N2O2/c1-24-7-6-22-13-4-2-12(17(22)23)9-21(10-13)8-11-3-5-14(19)15(18)16(11)20/h3,5,12-13H,2,4,6-10H2,1H3/t12-,13+/m1/s1. The molecular formula is C17H21ClF2N2O2. The molecule has 132 valence electrons. The number of carbonyl (C=O) groups is 1. The van der Waals surface area contributed by atoms with Crippen LogP contribution in [0.15, 0.2) is 12.1 Å². The Balaban J connectivity index is 1.75. The van der Waals surface area contributed by atoms with Crippen molar-refractivity contribution in [1.29, 1.82) is 0 Å². The molecule has 0 unspecified atom stereocenters. The number of rotatable bonds is 5. The molecule has 4 rings (SSSR count). The van der Waals surface area contributed by atoms with E-state index in [4.69, 9.17) is 16.3 Å². The normalized spacial score (nSPS) is 24.5. The summed E-state index contributed by atoms with van der Waals surface area (Å²) in [7, 11) is 1.62. The van der Waals surface area contributed by atoms with Crippen LogP contribution in [0.2, 0.25) is 5.02 Å². The lowest BCUT2D eigenvalue weighted by atomic mass is 9.94. The second-order valence-corrected chi connectivity index (χ2v) is 6.86. The van der Waals surface area contributed by atoms with Gasteiger partial charge in [-0.05, 0) is 18.9 Å². The maximum absolute atomic E-state index is 14.2. The molecule has 0 aliphatic carbocycles. The van der Waals surface area contributed by atoms with E-state index in [9.17, 15) is 13.6 Å². The Morgan fingerprint density at radius 1 is 1.29 bits per heavy atom. The Morgan fingerprint density at radius 2 is 2.08 bits per heavy atom. The lowest BCUT2D eigenvalue weighted by molar-refractivity contribution is -0.140. The Bertz CT molecular complexity index is 629. The van der Waals surface area contributed by atoms with E-state index in [2.05, 4.69) is 4.90 Å². The number of hydrogen-bond donors (Lipinski definition) is 0. The molecule has 0 aromatic heterocycles. The van der Waals surface area contributed by atoms with Crippen molar-refractivity contribution >= 4 is 17.5 Å². The van der Waals surface area contributed by atoms with Gasteiger partial charge < -0.3 is 9.64 Å². The number of piperidine rings is 1. The Kier molecular flexibility index (Phi) is 5.37. The number of hydrogen-bond acceptors (Lipinski definition) is 3. The molecule has 3 heterocycles. The summed E-state index contributed by atoms with van der Waals surface area (Å²) in [6, 6.07) is 2.72. The van der Waals surface area contributed by atoms with Crippen LogP contribution >= 0.6 is 11.6 Å². The average Bonchev–Trinajstić information content (AvgIpc) is 2.84. The molecular weight excluding hydrogens is 338 g/mol. The molecule has 2 atom stereocenters. The van der Waals surface area contributed by atoms with Gasteiger partial charge in [-0.2, -0.15) is 0 Å². The average molecular weight is 359 g/mol. The van der Waals surface area contributed by atoms with Crippen LogP contribution in [0.25, 0.3) is 0 Å². The van der Waals surface area contributed by atoms with Crippen molar-refractivity contribution in [3.63, 3.8) is 0 Å². The first-order chi connectivity index (χ1) is 11.5. The number of methoxy groups -OCH3 is 1. The van der Waals surface area contributed by atoms with Crippen LogP contribution < -0.4 is 0 Å². The van der Waals surface area contributed by atoms with E-state index in [-0.39, 0.29) is 17.9 Å². The molecule has 3 saturated heterocycles. The van der Waals surface area contributed by atoms with Crippen LogP contribution in [0.1, 0.15) is 18.4 Å². The van der Waals surface area contributed by atoms with Crippen LogP contribution in [0, 0.1) is 17.6 Å². The molecule has 3 aliphatic heterocycles. The van der Waals surface area contributed by atoms with Crippen molar-refractivity contribution < 1.29 is 18.3 Å². The summed E-state index contributed by atoms with van der Waals surface area (Å²) in [6.07, 6.45) is 1.80. The molecule has 1 aromatic carbocycles. The molecule has 0 radical (unpaired) electrons. The Hall–Kier alpha value is -1.24. The topological polar surface area (TPSA) is 32.8 Å². The largest absolute Gasteiger partial charge is 0.383 e. The predicted molar refractivity (Wildman–Crippen MR) is 86.7 cm³/mol. The fourth-order valence-corrected chi connectivity index (χ4v) is 3.86. The molecule has 0 saturated carbocycles. The van der Waals surface area contributed by atoms with Gasteiger partial charge in [0.05, 0.1) is 12.5 Å². The van der Waals surface area contributed by atoms with Crippen molar-refractivity contribution in [2.24, 2.45) is 5.92 Å². The van der Waals surface area contributed by atoms with Crippen molar-refractivity contribution in [1.82, 2.24) is 9.80 Å². The summed E-state index contributed by atoms with van der Waals surface area (Å²) >= 11 is 5.66. The zero-order chi connectivity index (χ0) is 17.3. The summed E-state index contributed by atoms with van der Waals surface area (Å²) in [4.78, 5) is 16.5. The molecule has 24 heavy (non-hydrogen) atoms. The number of fused-ring (bicyclic) bond motifs is 4. The van der Waals surface area contributed by atoms with Crippen molar-refractivity contribution in [2.45, 2.75) is 25.4 Å². The van der Waals surface area contributed by atoms with Crippen LogP contribution in [-0.2, 0) is 16.1 Å². The summed E-state index contributed by atoms with van der Waals surface area (Å²) in [5.74, 6) is -1.38. The van der Waals surface area contributed by atoms with E-state index in [1.165, 1.54) is 12.1 Å². The first-order valence-corrected chi connectivity index (χ1v) is 8.53. The highest BCUT2D eigenvalue weighted by Crippen LogP contribution is 2.30. The van der Waals surface area contributed by atoms with Gasteiger partial charge >= 0.3 is 0 Å². The zero-order valence-corrected chi connectivity index (χ0v) is 14.4. The number of nitrogens with zero attached hydrogens (tertiary/aromatic N) is 2. The third kappa shape index (κ3) is 3.41. The lowest BCUT2D eigenvalue weighted by Crippen LogP contribution is -2.49. The highest BCUT2D eigenvalue weighted by Gasteiger charge is 2.40. The van der Waals surface area contributed by atoms with Crippen LogP contribution in [-0.4, -0.2) is 55.1 Å². The molecule has 7 heteroatoms. The third-order valence-electron chi connectivity index (χ3n) is 4.91. The Morgan fingerprint density at radius 3 is 2.83 bits per heavy atom. The second kappa shape index (κ2) is 7.33. The van der Waals surface area contributed by atoms with Crippen molar-refractivity contribution in [3.8, 4) is 0 Å². The smallest absolute Gasteiger partial charge is 0.227 e. The monoisotopic (exact) mass is 358 g/mol. The highest BCUT2D eigenvalue weighted by molar-refractivity contribution is 6.30. The second-order valence-electron chi connectivity index (χ2n) is 6.48. The first-order valence-electron chi connectivity index (χ1n) is 8.15. The predicted octanol–water partition coefficient (Wildman–Crippen LogP) is 2.69. The van der Waals surface area contributed by atoms with E-state index in [0.29, 0.717) is 38.3 Å². The van der Waals surface area contributed by atoms with Gasteiger partial charge in [-0.3, -0.25) is 9.69 Å². The number of benzene rings is 1. The summed E-state index contributed by atoms with van der Waals surface area (Å²) in [6.45, 7) is 2.69. The minimum absolute atomic E-state index is 0.0698. The number of ether oxygens (including phenoxy) is 1. The lowest BCUT2D eigenvalue weighted by Gasteiger charge is -2.35. The van der Waals surface area contributed by atoms with Gasteiger partial charge in [-0.1, -0.05) is 17.7 Å². The minimum atomic E-state index is -0.755. The SMILES string of the molecule is COCCN1C(=O)[C@@H]2CC[C@H]1CN(Cc1ccc(F)c(Cl)c1F)C2.